The van der Waals surface area contributed by atoms with Crippen molar-refractivity contribution in [2.45, 2.75) is 6.92 Å². The zero-order valence-corrected chi connectivity index (χ0v) is 10.1. The van der Waals surface area contributed by atoms with E-state index in [1.54, 1.807) is 7.05 Å². The van der Waals surface area contributed by atoms with Crippen LogP contribution in [0.5, 0.6) is 0 Å². The molecule has 0 fully saturated rings. The van der Waals surface area contributed by atoms with Gasteiger partial charge in [0.2, 0.25) is 0 Å². The van der Waals surface area contributed by atoms with Crippen LogP contribution in [-0.2, 0) is 4.79 Å². The van der Waals surface area contributed by atoms with E-state index < -0.39 is 5.97 Å². The zero-order valence-electron chi connectivity index (χ0n) is 10.1. The molecule has 1 aromatic heterocycles. The van der Waals surface area contributed by atoms with Crippen molar-refractivity contribution < 1.29 is 9.90 Å². The van der Waals surface area contributed by atoms with E-state index in [0.29, 0.717) is 5.95 Å². The van der Waals surface area contributed by atoms with E-state index in [4.69, 9.17) is 5.11 Å². The van der Waals surface area contributed by atoms with Crippen molar-refractivity contribution in [2.24, 2.45) is 0 Å². The first-order valence-electron chi connectivity index (χ1n) is 5.36. The number of hydrogen-bond donors (Lipinski definition) is 1. The van der Waals surface area contributed by atoms with Crippen molar-refractivity contribution in [2.75, 3.05) is 18.5 Å². The van der Waals surface area contributed by atoms with E-state index in [1.165, 1.54) is 9.58 Å². The maximum absolute atomic E-state index is 10.7. The van der Waals surface area contributed by atoms with Crippen molar-refractivity contribution in [3.05, 3.63) is 29.8 Å². The summed E-state index contributed by atoms with van der Waals surface area (Å²) in [7, 11) is 1.63. The normalized spacial score (nSPS) is 10.3. The average Bonchev–Trinajstić information content (AvgIpc) is 2.78. The standard InChI is InChI=1S/C11H13N5O2/c1-8-3-5-9(6-4-8)16-11(12-13-14-16)15(2)7-10(17)18/h3-6H,7H2,1-2H3,(H,17,18). The lowest BCUT2D eigenvalue weighted by Gasteiger charge is -2.14. The molecule has 0 aliphatic rings. The van der Waals surface area contributed by atoms with Crippen molar-refractivity contribution in [1.29, 1.82) is 0 Å². The van der Waals surface area contributed by atoms with Gasteiger partial charge in [-0.2, -0.15) is 4.68 Å². The number of aryl methyl sites for hydroxylation is 1. The number of likely N-dealkylation sites (N-methyl/N-ethyl adjacent to an activating group) is 1. The second-order valence-corrected chi connectivity index (χ2v) is 3.98. The molecule has 0 radical (unpaired) electrons. The average molecular weight is 247 g/mol. The minimum atomic E-state index is -0.934. The third-order valence-corrected chi connectivity index (χ3v) is 2.45. The van der Waals surface area contributed by atoms with Crippen molar-refractivity contribution in [3.63, 3.8) is 0 Å². The highest BCUT2D eigenvalue weighted by Gasteiger charge is 2.14. The fourth-order valence-corrected chi connectivity index (χ4v) is 1.55. The Balaban J connectivity index is 2.32. The third-order valence-electron chi connectivity index (χ3n) is 2.45. The third kappa shape index (κ3) is 2.45. The van der Waals surface area contributed by atoms with E-state index in [2.05, 4.69) is 15.5 Å². The molecule has 18 heavy (non-hydrogen) atoms. The van der Waals surface area contributed by atoms with Crippen molar-refractivity contribution >= 4 is 11.9 Å². The van der Waals surface area contributed by atoms with Gasteiger partial charge >= 0.3 is 5.97 Å². The van der Waals surface area contributed by atoms with Crippen molar-refractivity contribution in [1.82, 2.24) is 20.2 Å². The fourth-order valence-electron chi connectivity index (χ4n) is 1.55. The summed E-state index contributed by atoms with van der Waals surface area (Å²) in [5.74, 6) is -0.544. The lowest BCUT2D eigenvalue weighted by atomic mass is 10.2. The van der Waals surface area contributed by atoms with Crippen LogP contribution in [0.4, 0.5) is 5.95 Å². The molecule has 0 aliphatic heterocycles. The summed E-state index contributed by atoms with van der Waals surface area (Å²) in [6.45, 7) is 1.83. The molecular weight excluding hydrogens is 234 g/mol. The molecule has 0 bridgehead atoms. The fraction of sp³-hybridized carbons (Fsp3) is 0.273. The van der Waals surface area contributed by atoms with Gasteiger partial charge in [0.1, 0.15) is 6.54 Å². The largest absolute Gasteiger partial charge is 0.480 e. The van der Waals surface area contributed by atoms with Crippen LogP contribution < -0.4 is 4.90 Å². The number of anilines is 1. The molecule has 94 valence electrons. The molecule has 2 aromatic rings. The number of aliphatic carboxylic acids is 1. The molecule has 2 rings (SSSR count). The smallest absolute Gasteiger partial charge is 0.323 e. The Kier molecular flexibility index (Phi) is 3.22. The van der Waals surface area contributed by atoms with Gasteiger partial charge in [0, 0.05) is 7.05 Å². The first-order valence-corrected chi connectivity index (χ1v) is 5.36. The van der Waals surface area contributed by atoms with Crippen LogP contribution in [-0.4, -0.2) is 44.9 Å². The first-order chi connectivity index (χ1) is 8.58. The molecule has 0 saturated carbocycles. The number of rotatable bonds is 4. The predicted octanol–water partition coefficient (Wildman–Crippen LogP) is 0.492. The monoisotopic (exact) mass is 247 g/mol. The van der Waals surface area contributed by atoms with Gasteiger partial charge in [-0.15, -0.1) is 0 Å². The summed E-state index contributed by atoms with van der Waals surface area (Å²) in [5.41, 5.74) is 1.92. The van der Waals surface area contributed by atoms with Crippen LogP contribution in [0.3, 0.4) is 0 Å². The Morgan fingerprint density at radius 1 is 1.39 bits per heavy atom. The molecule has 0 saturated heterocycles. The van der Waals surface area contributed by atoms with Crippen LogP contribution in [0.2, 0.25) is 0 Å². The molecule has 1 heterocycles. The van der Waals surface area contributed by atoms with Gasteiger partial charge in [-0.3, -0.25) is 4.79 Å². The van der Waals surface area contributed by atoms with E-state index in [-0.39, 0.29) is 6.54 Å². The molecule has 0 atom stereocenters. The minimum Gasteiger partial charge on any atom is -0.480 e. The second kappa shape index (κ2) is 4.82. The SMILES string of the molecule is Cc1ccc(-n2nnnc2N(C)CC(=O)O)cc1. The van der Waals surface area contributed by atoms with E-state index in [1.807, 2.05) is 31.2 Å². The highest BCUT2D eigenvalue weighted by Crippen LogP contribution is 2.14. The molecule has 1 aromatic carbocycles. The number of benzene rings is 1. The lowest BCUT2D eigenvalue weighted by Crippen LogP contribution is -2.27. The maximum Gasteiger partial charge on any atom is 0.323 e. The molecule has 0 unspecified atom stereocenters. The van der Waals surface area contributed by atoms with Gasteiger partial charge < -0.3 is 10.0 Å². The quantitative estimate of drug-likeness (QED) is 0.846. The van der Waals surface area contributed by atoms with E-state index in [9.17, 15) is 4.79 Å². The maximum atomic E-state index is 10.7. The highest BCUT2D eigenvalue weighted by atomic mass is 16.4. The Labute approximate surface area is 104 Å². The van der Waals surface area contributed by atoms with Crippen LogP contribution in [0.1, 0.15) is 5.56 Å². The summed E-state index contributed by atoms with van der Waals surface area (Å²) >= 11 is 0. The number of carbonyl (C=O) groups is 1. The van der Waals surface area contributed by atoms with Crippen molar-refractivity contribution in [3.8, 4) is 5.69 Å². The van der Waals surface area contributed by atoms with Crippen LogP contribution in [0.15, 0.2) is 24.3 Å². The highest BCUT2D eigenvalue weighted by molar-refractivity contribution is 5.72. The number of carboxylic acid groups (broad SMARTS) is 1. The Bertz CT molecular complexity index is 549. The summed E-state index contributed by atoms with van der Waals surface area (Å²) in [6.07, 6.45) is 0. The van der Waals surface area contributed by atoms with Gasteiger partial charge in [-0.25, -0.2) is 0 Å². The first kappa shape index (κ1) is 12.0. The Hall–Kier alpha value is -2.44. The zero-order chi connectivity index (χ0) is 13.1. The molecule has 1 N–H and O–H groups in total. The van der Waals surface area contributed by atoms with Gasteiger partial charge in [-0.05, 0) is 29.5 Å². The van der Waals surface area contributed by atoms with Crippen LogP contribution in [0, 0.1) is 6.92 Å². The molecular formula is C11H13N5O2. The summed E-state index contributed by atoms with van der Waals surface area (Å²) in [6, 6.07) is 7.64. The van der Waals surface area contributed by atoms with Crippen LogP contribution in [0.25, 0.3) is 5.69 Å². The molecule has 7 nitrogen and oxygen atoms in total. The van der Waals surface area contributed by atoms with E-state index >= 15 is 0 Å². The summed E-state index contributed by atoms with van der Waals surface area (Å²) < 4.78 is 1.50. The molecule has 0 aliphatic carbocycles. The molecule has 0 spiro atoms. The Morgan fingerprint density at radius 2 is 2.06 bits per heavy atom. The summed E-state index contributed by atoms with van der Waals surface area (Å²) in [5, 5.41) is 20.0. The topological polar surface area (TPSA) is 84.1 Å². The number of tetrazole rings is 1. The second-order valence-electron chi connectivity index (χ2n) is 3.98. The summed E-state index contributed by atoms with van der Waals surface area (Å²) in [4.78, 5) is 12.2. The molecule has 0 amide bonds. The predicted molar refractivity (Wildman–Crippen MR) is 64.8 cm³/mol. The van der Waals surface area contributed by atoms with Gasteiger partial charge in [-0.1, -0.05) is 22.8 Å². The lowest BCUT2D eigenvalue weighted by molar-refractivity contribution is -0.135. The van der Waals surface area contributed by atoms with Gasteiger partial charge in [0.25, 0.3) is 5.95 Å². The minimum absolute atomic E-state index is 0.160. The molecule has 7 heteroatoms. The van der Waals surface area contributed by atoms with Crippen LogP contribution >= 0.6 is 0 Å². The number of carboxylic acids is 1. The van der Waals surface area contributed by atoms with Gasteiger partial charge in [0.15, 0.2) is 0 Å². The van der Waals surface area contributed by atoms with Gasteiger partial charge in [0.05, 0.1) is 5.69 Å². The Morgan fingerprint density at radius 3 is 2.67 bits per heavy atom. The number of nitrogens with zero attached hydrogens (tertiary/aromatic N) is 5. The number of hydrogen-bond acceptors (Lipinski definition) is 5. The van der Waals surface area contributed by atoms with E-state index in [0.717, 1.165) is 11.3 Å². The number of aromatic nitrogens is 4.